The number of hydrogen-bond donors (Lipinski definition) is 1. The van der Waals surface area contributed by atoms with Crippen LogP contribution in [0.2, 0.25) is 0 Å². The zero-order chi connectivity index (χ0) is 15.0. The van der Waals surface area contributed by atoms with Crippen molar-refractivity contribution < 1.29 is 13.9 Å². The van der Waals surface area contributed by atoms with E-state index in [1.807, 2.05) is 6.92 Å². The lowest BCUT2D eigenvalue weighted by Gasteiger charge is -2.30. The summed E-state index contributed by atoms with van der Waals surface area (Å²) in [5.74, 6) is -0.177. The zero-order valence-electron chi connectivity index (χ0n) is 12.4. The number of carbonyl (C=O) groups excluding carboxylic acids is 1. The molecule has 1 N–H and O–H groups in total. The Morgan fingerprint density at radius 2 is 2.19 bits per heavy atom. The molecule has 4 nitrogen and oxygen atoms in total. The molecule has 2 fully saturated rings. The summed E-state index contributed by atoms with van der Waals surface area (Å²) in [6.07, 6.45) is 2.03. The first-order chi connectivity index (χ1) is 10.1. The first kappa shape index (κ1) is 14.5. The van der Waals surface area contributed by atoms with Gasteiger partial charge in [0, 0.05) is 25.3 Å². The van der Waals surface area contributed by atoms with Gasteiger partial charge in [-0.1, -0.05) is 18.2 Å². The Balaban J connectivity index is 1.90. The van der Waals surface area contributed by atoms with Crippen LogP contribution in [0.4, 0.5) is 4.39 Å². The molecule has 2 unspecified atom stereocenters. The van der Waals surface area contributed by atoms with Gasteiger partial charge < -0.3 is 9.64 Å². The molecule has 1 aromatic rings. The van der Waals surface area contributed by atoms with E-state index >= 15 is 0 Å². The molecule has 1 aliphatic carbocycles. The lowest BCUT2D eigenvalue weighted by Crippen LogP contribution is -2.39. The summed E-state index contributed by atoms with van der Waals surface area (Å²) in [5.41, 5.74) is 0.0905. The van der Waals surface area contributed by atoms with Crippen molar-refractivity contribution >= 4 is 5.91 Å². The van der Waals surface area contributed by atoms with Crippen molar-refractivity contribution in [3.63, 3.8) is 0 Å². The molecule has 0 bridgehead atoms. The Morgan fingerprint density at radius 3 is 2.81 bits per heavy atom. The number of carbonyl (C=O) groups is 1. The minimum absolute atomic E-state index is 0.00883. The van der Waals surface area contributed by atoms with Crippen LogP contribution in [0.3, 0.4) is 0 Å². The normalized spacial score (nSPS) is 24.6. The Labute approximate surface area is 124 Å². The second kappa shape index (κ2) is 5.39. The fourth-order valence-electron chi connectivity index (χ4n) is 3.05. The Bertz CT molecular complexity index is 545. The minimum Gasteiger partial charge on any atom is -0.385 e. The van der Waals surface area contributed by atoms with Gasteiger partial charge >= 0.3 is 0 Å². The van der Waals surface area contributed by atoms with Crippen LogP contribution in [0.25, 0.3) is 0 Å². The van der Waals surface area contributed by atoms with Crippen molar-refractivity contribution in [1.82, 2.24) is 10.2 Å². The third kappa shape index (κ3) is 2.45. The fraction of sp³-hybridized carbons (Fsp3) is 0.562. The van der Waals surface area contributed by atoms with Crippen molar-refractivity contribution in [1.29, 1.82) is 0 Å². The Kier molecular flexibility index (Phi) is 3.71. The van der Waals surface area contributed by atoms with Gasteiger partial charge in [0.2, 0.25) is 5.91 Å². The molecule has 1 aliphatic heterocycles. The standard InChI is InChI=1S/C16H21FN2O2/c1-11(7-10-21-2)19-14(12-5-3-4-6-13(12)17)18-16(8-9-16)15(19)20/h3-6,11,14,18H,7-10H2,1-2H3. The molecular formula is C16H21FN2O2. The number of methoxy groups -OCH3 is 1. The molecule has 1 aromatic carbocycles. The number of halogens is 1. The molecule has 1 spiro atoms. The van der Waals surface area contributed by atoms with E-state index < -0.39 is 5.54 Å². The maximum atomic E-state index is 14.1. The van der Waals surface area contributed by atoms with Gasteiger partial charge in [0.15, 0.2) is 0 Å². The number of rotatable bonds is 5. The highest BCUT2D eigenvalue weighted by Gasteiger charge is 2.60. The molecule has 1 heterocycles. The number of nitrogens with one attached hydrogen (secondary N) is 1. The monoisotopic (exact) mass is 292 g/mol. The third-order valence-electron chi connectivity index (χ3n) is 4.50. The van der Waals surface area contributed by atoms with E-state index in [0.717, 1.165) is 19.3 Å². The molecule has 5 heteroatoms. The van der Waals surface area contributed by atoms with E-state index in [1.54, 1.807) is 30.2 Å². The van der Waals surface area contributed by atoms with E-state index in [9.17, 15) is 9.18 Å². The van der Waals surface area contributed by atoms with E-state index in [4.69, 9.17) is 4.74 Å². The number of benzene rings is 1. The first-order valence-corrected chi connectivity index (χ1v) is 7.43. The number of hydrogen-bond acceptors (Lipinski definition) is 3. The molecule has 21 heavy (non-hydrogen) atoms. The second-order valence-electron chi connectivity index (χ2n) is 5.99. The highest BCUT2D eigenvalue weighted by molar-refractivity contribution is 5.92. The molecule has 0 aromatic heterocycles. The average Bonchev–Trinajstić information content (AvgIpc) is 3.19. The topological polar surface area (TPSA) is 41.6 Å². The maximum Gasteiger partial charge on any atom is 0.244 e. The van der Waals surface area contributed by atoms with Crippen LogP contribution < -0.4 is 5.32 Å². The highest BCUT2D eigenvalue weighted by Crippen LogP contribution is 2.47. The summed E-state index contributed by atoms with van der Waals surface area (Å²) in [4.78, 5) is 14.5. The van der Waals surface area contributed by atoms with Crippen LogP contribution in [0.1, 0.15) is 37.9 Å². The lowest BCUT2D eigenvalue weighted by atomic mass is 10.1. The average molecular weight is 292 g/mol. The van der Waals surface area contributed by atoms with E-state index in [2.05, 4.69) is 5.32 Å². The largest absolute Gasteiger partial charge is 0.385 e. The smallest absolute Gasteiger partial charge is 0.244 e. The molecule has 3 rings (SSSR count). The van der Waals surface area contributed by atoms with Crippen LogP contribution in [0.15, 0.2) is 24.3 Å². The molecule has 1 amide bonds. The Morgan fingerprint density at radius 1 is 1.48 bits per heavy atom. The van der Waals surface area contributed by atoms with Crippen LogP contribution >= 0.6 is 0 Å². The van der Waals surface area contributed by atoms with Gasteiger partial charge in [-0.2, -0.15) is 0 Å². The van der Waals surface area contributed by atoms with E-state index in [0.29, 0.717) is 12.2 Å². The number of ether oxygens (including phenoxy) is 1. The van der Waals surface area contributed by atoms with Gasteiger partial charge in [-0.05, 0) is 32.3 Å². The van der Waals surface area contributed by atoms with Crippen LogP contribution in [0, 0.1) is 5.82 Å². The van der Waals surface area contributed by atoms with Gasteiger partial charge in [-0.15, -0.1) is 0 Å². The predicted octanol–water partition coefficient (Wildman–Crippen LogP) is 2.21. The minimum atomic E-state index is -0.450. The molecule has 2 aliphatic rings. The molecule has 0 radical (unpaired) electrons. The van der Waals surface area contributed by atoms with Gasteiger partial charge in [0.1, 0.15) is 17.5 Å². The van der Waals surface area contributed by atoms with Crippen molar-refractivity contribution in [3.8, 4) is 0 Å². The number of nitrogens with zero attached hydrogens (tertiary/aromatic N) is 1. The third-order valence-corrected chi connectivity index (χ3v) is 4.50. The quantitative estimate of drug-likeness (QED) is 0.904. The summed E-state index contributed by atoms with van der Waals surface area (Å²) < 4.78 is 19.2. The fourth-order valence-corrected chi connectivity index (χ4v) is 3.05. The van der Waals surface area contributed by atoms with Crippen molar-refractivity contribution in [3.05, 3.63) is 35.6 Å². The van der Waals surface area contributed by atoms with Crippen LogP contribution in [-0.2, 0) is 9.53 Å². The molecular weight excluding hydrogens is 271 g/mol. The number of amides is 1. The summed E-state index contributed by atoms with van der Waals surface area (Å²) in [6, 6.07) is 6.67. The molecule has 2 atom stereocenters. The second-order valence-corrected chi connectivity index (χ2v) is 5.99. The zero-order valence-corrected chi connectivity index (χ0v) is 12.4. The van der Waals surface area contributed by atoms with Gasteiger partial charge in [-0.25, -0.2) is 4.39 Å². The summed E-state index contributed by atoms with van der Waals surface area (Å²) in [6.45, 7) is 2.58. The van der Waals surface area contributed by atoms with Crippen molar-refractivity contribution in [2.24, 2.45) is 0 Å². The molecule has 1 saturated carbocycles. The van der Waals surface area contributed by atoms with Crippen LogP contribution in [0.5, 0.6) is 0 Å². The van der Waals surface area contributed by atoms with Gasteiger partial charge in [0.25, 0.3) is 0 Å². The molecule has 1 saturated heterocycles. The summed E-state index contributed by atoms with van der Waals surface area (Å²) >= 11 is 0. The first-order valence-electron chi connectivity index (χ1n) is 7.43. The maximum absolute atomic E-state index is 14.1. The van der Waals surface area contributed by atoms with Gasteiger partial charge in [0.05, 0.1) is 0 Å². The van der Waals surface area contributed by atoms with Crippen molar-refractivity contribution in [2.75, 3.05) is 13.7 Å². The van der Waals surface area contributed by atoms with E-state index in [1.165, 1.54) is 6.07 Å². The van der Waals surface area contributed by atoms with Crippen molar-refractivity contribution in [2.45, 2.75) is 43.9 Å². The highest BCUT2D eigenvalue weighted by atomic mass is 19.1. The van der Waals surface area contributed by atoms with Gasteiger partial charge in [-0.3, -0.25) is 10.1 Å². The summed E-state index contributed by atoms with van der Waals surface area (Å²) in [5, 5.41) is 3.35. The predicted molar refractivity (Wildman–Crippen MR) is 77.0 cm³/mol. The van der Waals surface area contributed by atoms with Crippen LogP contribution in [-0.4, -0.2) is 36.1 Å². The lowest BCUT2D eigenvalue weighted by molar-refractivity contribution is -0.133. The molecule has 114 valence electrons. The SMILES string of the molecule is COCCC(C)N1C(=O)C2(CC2)NC1c1ccccc1F. The summed E-state index contributed by atoms with van der Waals surface area (Å²) in [7, 11) is 1.65. The Hall–Kier alpha value is -1.46. The van der Waals surface area contributed by atoms with E-state index in [-0.39, 0.29) is 23.9 Å².